The zero-order valence-electron chi connectivity index (χ0n) is 13.8. The maximum absolute atomic E-state index is 12.3. The summed E-state index contributed by atoms with van der Waals surface area (Å²) >= 11 is 0. The van der Waals surface area contributed by atoms with Crippen LogP contribution >= 0.6 is 0 Å². The van der Waals surface area contributed by atoms with Gasteiger partial charge in [0.05, 0.1) is 6.61 Å². The number of anilines is 1. The Hall–Kier alpha value is -2.33. The molecular formula is C19H23NO3. The molecular weight excluding hydrogens is 290 g/mol. The van der Waals surface area contributed by atoms with Gasteiger partial charge in [-0.3, -0.25) is 4.79 Å². The van der Waals surface area contributed by atoms with Crippen LogP contribution in [0.25, 0.3) is 0 Å². The van der Waals surface area contributed by atoms with Crippen molar-refractivity contribution in [2.24, 2.45) is 0 Å². The third-order valence-electron chi connectivity index (χ3n) is 3.53. The van der Waals surface area contributed by atoms with E-state index in [9.17, 15) is 4.79 Å². The van der Waals surface area contributed by atoms with E-state index in [1.165, 1.54) is 0 Å². The average Bonchev–Trinajstić information content (AvgIpc) is 2.56. The summed E-state index contributed by atoms with van der Waals surface area (Å²) in [5.74, 6) is 0.580. The number of amides is 1. The number of benzene rings is 2. The van der Waals surface area contributed by atoms with E-state index in [2.05, 4.69) is 12.2 Å². The van der Waals surface area contributed by atoms with Gasteiger partial charge in [0.1, 0.15) is 5.75 Å². The lowest BCUT2D eigenvalue weighted by Gasteiger charge is -2.17. The van der Waals surface area contributed by atoms with E-state index < -0.39 is 6.10 Å². The predicted molar refractivity (Wildman–Crippen MR) is 91.7 cm³/mol. The highest BCUT2D eigenvalue weighted by Gasteiger charge is 2.16. The van der Waals surface area contributed by atoms with E-state index in [1.54, 1.807) is 14.0 Å². The molecule has 1 atom stereocenters. The molecule has 0 fully saturated rings. The molecule has 0 saturated carbocycles. The Balaban J connectivity index is 2.01. The van der Waals surface area contributed by atoms with Crippen LogP contribution in [0.4, 0.5) is 5.69 Å². The summed E-state index contributed by atoms with van der Waals surface area (Å²) in [6, 6.07) is 15.4. The standard InChI is InChI=1S/C19H23NO3/c1-4-16-9-5-6-11-18(16)23-14(2)19(21)20-17-10-7-8-15(12-17)13-22-3/h5-12,14H,4,13H2,1-3H3,(H,20,21)/t14-/m1/s1. The molecule has 0 radical (unpaired) electrons. The SMILES string of the molecule is CCc1ccccc1O[C@H](C)C(=O)Nc1cccc(COC)c1. The van der Waals surface area contributed by atoms with Crippen LogP contribution in [0, 0.1) is 0 Å². The van der Waals surface area contributed by atoms with Gasteiger partial charge in [-0.1, -0.05) is 37.3 Å². The molecule has 0 saturated heterocycles. The summed E-state index contributed by atoms with van der Waals surface area (Å²) in [7, 11) is 1.65. The van der Waals surface area contributed by atoms with E-state index in [4.69, 9.17) is 9.47 Å². The lowest BCUT2D eigenvalue weighted by molar-refractivity contribution is -0.122. The van der Waals surface area contributed by atoms with Gasteiger partial charge in [0.15, 0.2) is 6.10 Å². The summed E-state index contributed by atoms with van der Waals surface area (Å²) in [6.07, 6.45) is 0.289. The molecule has 0 aliphatic rings. The molecule has 0 bridgehead atoms. The van der Waals surface area contributed by atoms with Crippen LogP contribution in [-0.4, -0.2) is 19.1 Å². The van der Waals surface area contributed by atoms with Gasteiger partial charge in [0.25, 0.3) is 5.91 Å². The highest BCUT2D eigenvalue weighted by atomic mass is 16.5. The highest BCUT2D eigenvalue weighted by molar-refractivity contribution is 5.94. The molecule has 0 aliphatic carbocycles. The molecule has 2 aromatic carbocycles. The number of aryl methyl sites for hydroxylation is 1. The largest absolute Gasteiger partial charge is 0.481 e. The zero-order valence-corrected chi connectivity index (χ0v) is 13.8. The minimum atomic E-state index is -0.575. The fourth-order valence-corrected chi connectivity index (χ4v) is 2.30. The van der Waals surface area contributed by atoms with Crippen molar-refractivity contribution in [2.75, 3.05) is 12.4 Å². The Morgan fingerprint density at radius 1 is 1.17 bits per heavy atom. The topological polar surface area (TPSA) is 47.6 Å². The summed E-state index contributed by atoms with van der Waals surface area (Å²) in [4.78, 5) is 12.3. The first-order chi connectivity index (χ1) is 11.1. The van der Waals surface area contributed by atoms with Crippen LogP contribution in [0.3, 0.4) is 0 Å². The van der Waals surface area contributed by atoms with Crippen LogP contribution in [0.5, 0.6) is 5.75 Å². The normalized spacial score (nSPS) is 11.8. The summed E-state index contributed by atoms with van der Waals surface area (Å²) in [5, 5.41) is 2.88. The molecule has 0 heterocycles. The molecule has 0 spiro atoms. The van der Waals surface area contributed by atoms with Crippen LogP contribution in [0.15, 0.2) is 48.5 Å². The molecule has 1 amide bonds. The van der Waals surface area contributed by atoms with Crippen molar-refractivity contribution in [1.82, 2.24) is 0 Å². The van der Waals surface area contributed by atoms with Crippen molar-refractivity contribution in [3.05, 3.63) is 59.7 Å². The van der Waals surface area contributed by atoms with Gasteiger partial charge in [-0.15, -0.1) is 0 Å². The van der Waals surface area contributed by atoms with Crippen molar-refractivity contribution in [2.45, 2.75) is 33.0 Å². The molecule has 4 heteroatoms. The van der Waals surface area contributed by atoms with Crippen molar-refractivity contribution < 1.29 is 14.3 Å². The minimum Gasteiger partial charge on any atom is -0.481 e. The Bertz CT molecular complexity index is 655. The number of carbonyl (C=O) groups excluding carboxylic acids is 1. The first kappa shape index (κ1) is 17.0. The lowest BCUT2D eigenvalue weighted by Crippen LogP contribution is -2.30. The Morgan fingerprint density at radius 3 is 2.70 bits per heavy atom. The number of carbonyl (C=O) groups is 1. The first-order valence-corrected chi connectivity index (χ1v) is 7.77. The first-order valence-electron chi connectivity index (χ1n) is 7.77. The van der Waals surface area contributed by atoms with Crippen molar-refractivity contribution in [3.8, 4) is 5.75 Å². The van der Waals surface area contributed by atoms with Gasteiger partial charge < -0.3 is 14.8 Å². The minimum absolute atomic E-state index is 0.175. The maximum Gasteiger partial charge on any atom is 0.265 e. The molecule has 23 heavy (non-hydrogen) atoms. The fraction of sp³-hybridized carbons (Fsp3) is 0.316. The fourth-order valence-electron chi connectivity index (χ4n) is 2.30. The molecule has 2 rings (SSSR count). The van der Waals surface area contributed by atoms with Crippen molar-refractivity contribution in [1.29, 1.82) is 0 Å². The Labute approximate surface area is 137 Å². The molecule has 1 N–H and O–H groups in total. The van der Waals surface area contributed by atoms with Gasteiger partial charge in [0, 0.05) is 12.8 Å². The lowest BCUT2D eigenvalue weighted by atomic mass is 10.1. The molecule has 4 nitrogen and oxygen atoms in total. The van der Waals surface area contributed by atoms with E-state index in [1.807, 2.05) is 48.5 Å². The highest BCUT2D eigenvalue weighted by Crippen LogP contribution is 2.20. The third kappa shape index (κ3) is 4.83. The zero-order chi connectivity index (χ0) is 16.7. The second-order valence-electron chi connectivity index (χ2n) is 5.34. The number of nitrogens with one attached hydrogen (secondary N) is 1. The van der Waals surface area contributed by atoms with Crippen LogP contribution in [0.1, 0.15) is 25.0 Å². The molecule has 2 aromatic rings. The number of para-hydroxylation sites is 1. The second kappa shape index (κ2) is 8.34. The summed E-state index contributed by atoms with van der Waals surface area (Å²) in [5.41, 5.74) is 2.84. The molecule has 0 unspecified atom stereocenters. The van der Waals surface area contributed by atoms with Crippen LogP contribution < -0.4 is 10.1 Å². The number of hydrogen-bond donors (Lipinski definition) is 1. The van der Waals surface area contributed by atoms with Gasteiger partial charge in [-0.25, -0.2) is 0 Å². The van der Waals surface area contributed by atoms with Gasteiger partial charge in [-0.05, 0) is 42.7 Å². The van der Waals surface area contributed by atoms with E-state index in [0.29, 0.717) is 6.61 Å². The molecule has 0 aromatic heterocycles. The van der Waals surface area contributed by atoms with Gasteiger partial charge in [-0.2, -0.15) is 0 Å². The average molecular weight is 313 g/mol. The molecule has 122 valence electrons. The third-order valence-corrected chi connectivity index (χ3v) is 3.53. The van der Waals surface area contributed by atoms with Gasteiger partial charge >= 0.3 is 0 Å². The number of rotatable bonds is 7. The van der Waals surface area contributed by atoms with Crippen molar-refractivity contribution >= 4 is 11.6 Å². The van der Waals surface area contributed by atoms with Crippen LogP contribution in [-0.2, 0) is 22.6 Å². The van der Waals surface area contributed by atoms with E-state index >= 15 is 0 Å². The molecule has 0 aliphatic heterocycles. The maximum atomic E-state index is 12.3. The number of ether oxygens (including phenoxy) is 2. The number of methoxy groups -OCH3 is 1. The summed E-state index contributed by atoms with van der Waals surface area (Å²) < 4.78 is 10.9. The van der Waals surface area contributed by atoms with Crippen LogP contribution in [0.2, 0.25) is 0 Å². The smallest absolute Gasteiger partial charge is 0.265 e. The second-order valence-corrected chi connectivity index (χ2v) is 5.34. The predicted octanol–water partition coefficient (Wildman–Crippen LogP) is 3.80. The van der Waals surface area contributed by atoms with Gasteiger partial charge in [0.2, 0.25) is 0 Å². The van der Waals surface area contributed by atoms with E-state index in [-0.39, 0.29) is 5.91 Å². The Kier molecular flexibility index (Phi) is 6.18. The Morgan fingerprint density at radius 2 is 1.96 bits per heavy atom. The quantitative estimate of drug-likeness (QED) is 0.845. The number of hydrogen-bond acceptors (Lipinski definition) is 3. The van der Waals surface area contributed by atoms with Crippen molar-refractivity contribution in [3.63, 3.8) is 0 Å². The monoisotopic (exact) mass is 313 g/mol. The summed E-state index contributed by atoms with van der Waals surface area (Å²) in [6.45, 7) is 4.33. The van der Waals surface area contributed by atoms with E-state index in [0.717, 1.165) is 29.0 Å².